The van der Waals surface area contributed by atoms with Crippen LogP contribution in [0.4, 0.5) is 70.2 Å². The quantitative estimate of drug-likeness (QED) is 0.269. The van der Waals surface area contributed by atoms with E-state index in [1.54, 1.807) is 0 Å². The number of rotatable bonds is 8. The largest absolute Gasteiger partial charge is 0.460 e. The first-order valence-electron chi connectivity index (χ1n) is 6.19. The lowest BCUT2D eigenvalue weighted by molar-refractivity contribution is -0.449. The molecule has 0 heterocycles. The van der Waals surface area contributed by atoms with Gasteiger partial charge in [0, 0.05) is 6.08 Å². The molecular weight excluding hydrogens is 468 g/mol. The average Bonchev–Trinajstić information content (AvgIpc) is 2.51. The molecule has 0 rings (SSSR count). The maximum Gasteiger partial charge on any atom is 0.460 e. The van der Waals surface area contributed by atoms with Crippen molar-refractivity contribution in [2.75, 3.05) is 0 Å². The normalized spacial score (nSPS) is 16.4. The minimum absolute atomic E-state index is 0.316. The summed E-state index contributed by atoms with van der Waals surface area (Å²) >= 11 is 0. The first-order valence-corrected chi connectivity index (χ1v) is 6.19. The Morgan fingerprint density at radius 1 is 0.690 bits per heavy atom. The highest BCUT2D eigenvalue weighted by Crippen LogP contribution is 2.61. The fourth-order valence-electron chi connectivity index (χ4n) is 1.38. The van der Waals surface area contributed by atoms with Gasteiger partial charge < -0.3 is 4.74 Å². The van der Waals surface area contributed by atoms with E-state index in [0.717, 1.165) is 0 Å². The molecule has 0 N–H and O–H groups in total. The molecule has 0 aromatic carbocycles. The van der Waals surface area contributed by atoms with E-state index in [9.17, 15) is 75.0 Å². The summed E-state index contributed by atoms with van der Waals surface area (Å²) in [6, 6.07) is 0. The van der Waals surface area contributed by atoms with Gasteiger partial charge in [-0.3, -0.25) is 0 Å². The van der Waals surface area contributed by atoms with Gasteiger partial charge >= 0.3 is 47.9 Å². The molecule has 0 spiro atoms. The molecule has 0 saturated carbocycles. The molecule has 172 valence electrons. The van der Waals surface area contributed by atoms with Crippen LogP contribution in [0.1, 0.15) is 0 Å². The number of halogens is 16. The number of hydrogen-bond acceptors (Lipinski definition) is 2. The molecule has 0 saturated heterocycles. The predicted molar refractivity (Wildman–Crippen MR) is 56.9 cm³/mol. The summed E-state index contributed by atoms with van der Waals surface area (Å²) < 4.78 is 207. The Labute approximate surface area is 148 Å². The van der Waals surface area contributed by atoms with Crippen LogP contribution in [0, 0.1) is 0 Å². The van der Waals surface area contributed by atoms with Gasteiger partial charge in [-0.25, -0.2) is 9.18 Å². The first-order chi connectivity index (χ1) is 12.4. The van der Waals surface area contributed by atoms with Crippen LogP contribution in [0.15, 0.2) is 12.7 Å². The van der Waals surface area contributed by atoms with Gasteiger partial charge in [0.2, 0.25) is 0 Å². The summed E-state index contributed by atoms with van der Waals surface area (Å²) in [5.74, 6) is -43.6. The molecule has 0 aliphatic rings. The fourth-order valence-corrected chi connectivity index (χ4v) is 1.38. The second kappa shape index (κ2) is 7.10. The van der Waals surface area contributed by atoms with Crippen molar-refractivity contribution in [2.24, 2.45) is 0 Å². The Hall–Kier alpha value is -1.91. The number of esters is 1. The molecule has 1 atom stereocenters. The minimum Gasteiger partial charge on any atom is -0.395 e. The van der Waals surface area contributed by atoms with Crippen molar-refractivity contribution in [3.8, 4) is 0 Å². The summed E-state index contributed by atoms with van der Waals surface area (Å²) in [5.41, 5.74) is 0. The van der Waals surface area contributed by atoms with Crippen LogP contribution in [0.25, 0.3) is 0 Å². The molecule has 1 unspecified atom stereocenters. The Morgan fingerprint density at radius 3 is 1.34 bits per heavy atom. The molecule has 0 aromatic rings. The van der Waals surface area contributed by atoms with Crippen LogP contribution in [0.2, 0.25) is 0 Å². The van der Waals surface area contributed by atoms with Gasteiger partial charge in [0.05, 0.1) is 0 Å². The Morgan fingerprint density at radius 2 is 1.03 bits per heavy atom. The van der Waals surface area contributed by atoms with Crippen molar-refractivity contribution < 1.29 is 79.8 Å². The molecule has 0 fully saturated rings. The molecule has 0 aliphatic carbocycles. The van der Waals surface area contributed by atoms with E-state index in [4.69, 9.17) is 0 Å². The van der Waals surface area contributed by atoms with E-state index < -0.39 is 54.0 Å². The highest BCUT2D eigenvalue weighted by atomic mass is 19.4. The van der Waals surface area contributed by atoms with Crippen molar-refractivity contribution in [1.29, 1.82) is 0 Å². The molecule has 29 heavy (non-hydrogen) atoms. The molecule has 0 aliphatic heterocycles. The molecular formula is C11H4F16O2. The summed E-state index contributed by atoms with van der Waals surface area (Å²) in [6.45, 7) is 2.36. The zero-order valence-corrected chi connectivity index (χ0v) is 12.7. The second-order valence-electron chi connectivity index (χ2n) is 4.97. The summed E-state index contributed by atoms with van der Waals surface area (Å²) in [7, 11) is 0. The van der Waals surface area contributed by atoms with Gasteiger partial charge in [-0.1, -0.05) is 6.58 Å². The van der Waals surface area contributed by atoms with Crippen LogP contribution in [-0.2, 0) is 9.53 Å². The smallest absolute Gasteiger partial charge is 0.395 e. The third-order valence-corrected chi connectivity index (χ3v) is 2.97. The number of ether oxygens (including phenoxy) is 1. The fraction of sp³-hybridized carbons (Fsp3) is 0.727. The number of carbonyl (C=O) groups is 1. The topological polar surface area (TPSA) is 26.3 Å². The summed E-state index contributed by atoms with van der Waals surface area (Å²) in [6.07, 6.45) is -20.6. The van der Waals surface area contributed by atoms with Gasteiger partial charge in [-0.15, -0.1) is 0 Å². The molecule has 0 aromatic heterocycles. The molecule has 0 amide bonds. The highest BCUT2D eigenvalue weighted by Gasteiger charge is 2.92. The maximum atomic E-state index is 13.2. The Kier molecular flexibility index (Phi) is 6.63. The molecule has 0 radical (unpaired) electrons. The van der Waals surface area contributed by atoms with Crippen LogP contribution in [-0.4, -0.2) is 54.0 Å². The van der Waals surface area contributed by atoms with Crippen LogP contribution in [0.5, 0.6) is 0 Å². The average molecular weight is 472 g/mol. The second-order valence-corrected chi connectivity index (χ2v) is 4.97. The molecule has 18 heteroatoms. The van der Waals surface area contributed by atoms with Crippen molar-refractivity contribution >= 4 is 5.97 Å². The molecule has 0 bridgehead atoms. The first kappa shape index (κ1) is 27.1. The summed E-state index contributed by atoms with van der Waals surface area (Å²) in [5, 5.41) is 0. The Bertz CT molecular complexity index is 633. The van der Waals surface area contributed by atoms with Crippen molar-refractivity contribution in [3.63, 3.8) is 0 Å². The molecule has 2 nitrogen and oxygen atoms in total. The minimum atomic E-state index is -8.47. The van der Waals surface area contributed by atoms with Crippen LogP contribution < -0.4 is 0 Å². The SMILES string of the molecule is C=CC(=O)OC(F)(F)C(F)C(F)(F)C(F)(F)C(F)(F)C(F)(F)C(F)(F)C(F)(F)F. The predicted octanol–water partition coefficient (Wildman–Crippen LogP) is 5.39. The van der Waals surface area contributed by atoms with Gasteiger partial charge in [0.1, 0.15) is 0 Å². The lowest BCUT2D eigenvalue weighted by Gasteiger charge is -2.40. The number of hydrogen-bond donors (Lipinski definition) is 0. The third kappa shape index (κ3) is 3.93. The van der Waals surface area contributed by atoms with E-state index in [1.165, 1.54) is 0 Å². The van der Waals surface area contributed by atoms with Crippen LogP contribution in [0.3, 0.4) is 0 Å². The number of carbonyl (C=O) groups excluding carboxylic acids is 1. The monoisotopic (exact) mass is 472 g/mol. The van der Waals surface area contributed by atoms with Crippen LogP contribution >= 0.6 is 0 Å². The zero-order valence-electron chi connectivity index (χ0n) is 12.7. The third-order valence-electron chi connectivity index (χ3n) is 2.97. The summed E-state index contributed by atoms with van der Waals surface area (Å²) in [4.78, 5) is 10.4. The standard InChI is InChI=1S/C11H4F16O2/c1-2-3(28)29-6(15,16)4(12)5(13,14)7(17,18)8(19,20)9(21,22)10(23,24)11(25,26)27/h2,4H,1H2. The van der Waals surface area contributed by atoms with E-state index >= 15 is 0 Å². The van der Waals surface area contributed by atoms with Gasteiger partial charge in [-0.05, 0) is 0 Å². The zero-order chi connectivity index (χ0) is 24.1. The van der Waals surface area contributed by atoms with E-state index in [0.29, 0.717) is 0 Å². The van der Waals surface area contributed by atoms with Gasteiger partial charge in [0.15, 0.2) is 0 Å². The van der Waals surface area contributed by atoms with Gasteiger partial charge in [0.25, 0.3) is 6.17 Å². The lowest BCUT2D eigenvalue weighted by atomic mass is 9.91. The van der Waals surface area contributed by atoms with Gasteiger partial charge in [-0.2, -0.15) is 65.9 Å². The van der Waals surface area contributed by atoms with Crippen molar-refractivity contribution in [2.45, 2.75) is 48.1 Å². The van der Waals surface area contributed by atoms with E-state index in [-0.39, 0.29) is 6.08 Å². The van der Waals surface area contributed by atoms with Crippen molar-refractivity contribution in [1.82, 2.24) is 0 Å². The van der Waals surface area contributed by atoms with E-state index in [2.05, 4.69) is 11.3 Å². The number of alkyl halides is 16. The lowest BCUT2D eigenvalue weighted by Crippen LogP contribution is -2.72. The van der Waals surface area contributed by atoms with E-state index in [1.807, 2.05) is 0 Å². The Balaban J connectivity index is 6.43. The maximum absolute atomic E-state index is 13.2. The highest BCUT2D eigenvalue weighted by molar-refractivity contribution is 5.81. The van der Waals surface area contributed by atoms with Crippen molar-refractivity contribution in [3.05, 3.63) is 12.7 Å².